The molecule has 7 heteroatoms. The fourth-order valence-corrected chi connectivity index (χ4v) is 2.94. The van der Waals surface area contributed by atoms with E-state index in [9.17, 15) is 14.4 Å². The molecule has 3 rings (SSSR count). The Bertz CT molecular complexity index is 845. The Morgan fingerprint density at radius 3 is 2.25 bits per heavy atom. The smallest absolute Gasteiger partial charge is 0.410 e. The lowest BCUT2D eigenvalue weighted by Gasteiger charge is -2.34. The number of carbonyl (C=O) groups excluding carboxylic acids is 3. The van der Waals surface area contributed by atoms with Crippen LogP contribution in [0.2, 0.25) is 0 Å². The third-order valence-corrected chi connectivity index (χ3v) is 4.37. The Balaban J connectivity index is 1.51. The molecule has 2 amide bonds. The highest BCUT2D eigenvalue weighted by atomic mass is 16.6. The molecule has 2 aromatic rings. The Morgan fingerprint density at radius 1 is 0.893 bits per heavy atom. The van der Waals surface area contributed by atoms with E-state index in [0.29, 0.717) is 37.5 Å². The predicted molar refractivity (Wildman–Crippen MR) is 102 cm³/mol. The van der Waals surface area contributed by atoms with E-state index in [2.05, 4.69) is 0 Å². The second kappa shape index (κ2) is 9.03. The molecule has 0 atom stereocenters. The summed E-state index contributed by atoms with van der Waals surface area (Å²) >= 11 is 0. The van der Waals surface area contributed by atoms with Gasteiger partial charge >= 0.3 is 12.1 Å². The maximum atomic E-state index is 12.7. The molecule has 0 saturated carbocycles. The molecule has 28 heavy (non-hydrogen) atoms. The first-order chi connectivity index (χ1) is 13.5. The molecule has 0 aliphatic carbocycles. The van der Waals surface area contributed by atoms with Crippen LogP contribution in [-0.4, -0.2) is 53.9 Å². The van der Waals surface area contributed by atoms with E-state index < -0.39 is 5.97 Å². The summed E-state index contributed by atoms with van der Waals surface area (Å²) in [4.78, 5) is 39.2. The maximum absolute atomic E-state index is 12.7. The van der Waals surface area contributed by atoms with E-state index in [1.54, 1.807) is 34.1 Å². The molecule has 7 nitrogen and oxygen atoms in total. The van der Waals surface area contributed by atoms with Crippen molar-refractivity contribution in [3.63, 3.8) is 0 Å². The van der Waals surface area contributed by atoms with E-state index in [4.69, 9.17) is 9.47 Å². The van der Waals surface area contributed by atoms with Crippen molar-refractivity contribution in [2.45, 2.75) is 13.5 Å². The van der Waals surface area contributed by atoms with Crippen LogP contribution >= 0.6 is 0 Å². The fourth-order valence-electron chi connectivity index (χ4n) is 2.94. The lowest BCUT2D eigenvalue weighted by Crippen LogP contribution is -2.50. The average molecular weight is 382 g/mol. The number of carbonyl (C=O) groups is 3. The van der Waals surface area contributed by atoms with Gasteiger partial charge in [-0.3, -0.25) is 9.59 Å². The number of nitrogens with zero attached hydrogens (tertiary/aromatic N) is 2. The van der Waals surface area contributed by atoms with Crippen LogP contribution in [0.25, 0.3) is 0 Å². The Kier molecular flexibility index (Phi) is 6.26. The zero-order valence-electron chi connectivity index (χ0n) is 15.7. The molecule has 146 valence electrons. The summed E-state index contributed by atoms with van der Waals surface area (Å²) in [6.45, 7) is 3.17. The third-order valence-electron chi connectivity index (χ3n) is 4.37. The lowest BCUT2D eigenvalue weighted by atomic mass is 10.1. The maximum Gasteiger partial charge on any atom is 0.410 e. The summed E-state index contributed by atoms with van der Waals surface area (Å²) in [5.74, 6) is -0.264. The lowest BCUT2D eigenvalue weighted by molar-refractivity contribution is -0.131. The van der Waals surface area contributed by atoms with Crippen molar-refractivity contribution in [3.8, 4) is 5.75 Å². The van der Waals surface area contributed by atoms with Crippen molar-refractivity contribution in [1.29, 1.82) is 0 Å². The molecular weight excluding hydrogens is 360 g/mol. The standard InChI is InChI=1S/C21H22N2O5/c1-16(24)28-19-9-5-8-18(14-19)20(25)22-10-12-23(13-11-22)21(26)27-15-17-6-3-2-4-7-17/h2-9,14H,10-13,15H2,1H3. The summed E-state index contributed by atoms with van der Waals surface area (Å²) in [6, 6.07) is 16.0. The first kappa shape index (κ1) is 19.4. The molecule has 1 saturated heterocycles. The van der Waals surface area contributed by atoms with Gasteiger partial charge in [0.15, 0.2) is 0 Å². The van der Waals surface area contributed by atoms with Gasteiger partial charge in [0.2, 0.25) is 0 Å². The molecule has 0 unspecified atom stereocenters. The van der Waals surface area contributed by atoms with Crippen LogP contribution in [0.1, 0.15) is 22.8 Å². The van der Waals surface area contributed by atoms with Crippen LogP contribution in [0.3, 0.4) is 0 Å². The van der Waals surface area contributed by atoms with Gasteiger partial charge in [0.05, 0.1) is 0 Å². The van der Waals surface area contributed by atoms with Crippen LogP contribution in [-0.2, 0) is 16.1 Å². The number of hydrogen-bond acceptors (Lipinski definition) is 5. The highest BCUT2D eigenvalue weighted by Gasteiger charge is 2.26. The number of rotatable bonds is 4. The summed E-state index contributed by atoms with van der Waals surface area (Å²) < 4.78 is 10.4. The van der Waals surface area contributed by atoms with E-state index in [-0.39, 0.29) is 18.6 Å². The molecule has 0 bridgehead atoms. The van der Waals surface area contributed by atoms with Crippen molar-refractivity contribution in [2.24, 2.45) is 0 Å². The molecule has 0 aromatic heterocycles. The van der Waals surface area contributed by atoms with Gasteiger partial charge in [0.1, 0.15) is 12.4 Å². The van der Waals surface area contributed by atoms with Crippen molar-refractivity contribution in [2.75, 3.05) is 26.2 Å². The van der Waals surface area contributed by atoms with Crippen molar-refractivity contribution < 1.29 is 23.9 Å². The average Bonchev–Trinajstić information content (AvgIpc) is 2.72. The van der Waals surface area contributed by atoms with Gasteiger partial charge in [-0.25, -0.2) is 4.79 Å². The molecule has 0 N–H and O–H groups in total. The highest BCUT2D eigenvalue weighted by Crippen LogP contribution is 2.16. The number of esters is 1. The number of benzene rings is 2. The number of piperazine rings is 1. The largest absolute Gasteiger partial charge is 0.445 e. The fraction of sp³-hybridized carbons (Fsp3) is 0.286. The van der Waals surface area contributed by atoms with E-state index in [1.165, 1.54) is 6.92 Å². The second-order valence-corrected chi connectivity index (χ2v) is 6.44. The molecule has 2 aromatic carbocycles. The van der Waals surface area contributed by atoms with Gasteiger partial charge in [0, 0.05) is 38.7 Å². The monoisotopic (exact) mass is 382 g/mol. The Labute approximate surface area is 163 Å². The van der Waals surface area contributed by atoms with E-state index >= 15 is 0 Å². The topological polar surface area (TPSA) is 76.2 Å². The molecular formula is C21H22N2O5. The van der Waals surface area contributed by atoms with Gasteiger partial charge in [-0.15, -0.1) is 0 Å². The van der Waals surface area contributed by atoms with Gasteiger partial charge in [-0.2, -0.15) is 0 Å². The Morgan fingerprint density at radius 2 is 1.57 bits per heavy atom. The SMILES string of the molecule is CC(=O)Oc1cccc(C(=O)N2CCN(C(=O)OCc3ccccc3)CC2)c1. The first-order valence-electron chi connectivity index (χ1n) is 9.06. The molecule has 1 aliphatic rings. The van der Waals surface area contributed by atoms with E-state index in [0.717, 1.165) is 5.56 Å². The van der Waals surface area contributed by atoms with Gasteiger partial charge in [-0.1, -0.05) is 36.4 Å². The zero-order chi connectivity index (χ0) is 19.9. The first-order valence-corrected chi connectivity index (χ1v) is 9.06. The highest BCUT2D eigenvalue weighted by molar-refractivity contribution is 5.95. The van der Waals surface area contributed by atoms with Crippen LogP contribution < -0.4 is 4.74 Å². The molecule has 1 heterocycles. The van der Waals surface area contributed by atoms with Gasteiger partial charge in [0.25, 0.3) is 5.91 Å². The molecule has 0 radical (unpaired) electrons. The van der Waals surface area contributed by atoms with Gasteiger partial charge in [-0.05, 0) is 23.8 Å². The number of amides is 2. The van der Waals surface area contributed by atoms with Crippen molar-refractivity contribution in [1.82, 2.24) is 9.80 Å². The summed E-state index contributed by atoms with van der Waals surface area (Å²) in [6.07, 6.45) is -0.382. The van der Waals surface area contributed by atoms with Crippen molar-refractivity contribution >= 4 is 18.0 Å². The van der Waals surface area contributed by atoms with Crippen LogP contribution in [0, 0.1) is 0 Å². The second-order valence-electron chi connectivity index (χ2n) is 6.44. The van der Waals surface area contributed by atoms with Crippen LogP contribution in [0.15, 0.2) is 54.6 Å². The van der Waals surface area contributed by atoms with Crippen LogP contribution in [0.5, 0.6) is 5.75 Å². The Hall–Kier alpha value is -3.35. The summed E-state index contributed by atoms with van der Waals surface area (Å²) in [5, 5.41) is 0. The number of ether oxygens (including phenoxy) is 2. The summed E-state index contributed by atoms with van der Waals surface area (Å²) in [5.41, 5.74) is 1.37. The predicted octanol–water partition coefficient (Wildman–Crippen LogP) is 2.71. The van der Waals surface area contributed by atoms with Crippen molar-refractivity contribution in [3.05, 3.63) is 65.7 Å². The van der Waals surface area contributed by atoms with E-state index in [1.807, 2.05) is 30.3 Å². The zero-order valence-corrected chi connectivity index (χ0v) is 15.7. The molecule has 1 aliphatic heterocycles. The normalized spacial score (nSPS) is 13.8. The minimum absolute atomic E-state index is 0.161. The third kappa shape index (κ3) is 5.09. The number of hydrogen-bond donors (Lipinski definition) is 0. The van der Waals surface area contributed by atoms with Crippen LogP contribution in [0.4, 0.5) is 4.79 Å². The minimum atomic E-state index is -0.438. The quantitative estimate of drug-likeness (QED) is 0.600. The minimum Gasteiger partial charge on any atom is -0.445 e. The van der Waals surface area contributed by atoms with Gasteiger partial charge < -0.3 is 19.3 Å². The summed E-state index contributed by atoms with van der Waals surface area (Å²) in [7, 11) is 0. The molecule has 1 fully saturated rings. The molecule has 0 spiro atoms.